The van der Waals surface area contributed by atoms with Gasteiger partial charge in [-0.3, -0.25) is 9.59 Å². The summed E-state index contributed by atoms with van der Waals surface area (Å²) in [4.78, 5) is 27.9. The number of nitrogens with zero attached hydrogens (tertiary/aromatic N) is 1. The molecule has 0 radical (unpaired) electrons. The number of ether oxygens (including phenoxy) is 1. The van der Waals surface area contributed by atoms with E-state index in [0.717, 1.165) is 27.6 Å². The molecule has 2 atom stereocenters. The van der Waals surface area contributed by atoms with E-state index >= 15 is 0 Å². The molecule has 0 saturated carbocycles. The van der Waals surface area contributed by atoms with Gasteiger partial charge in [-0.05, 0) is 74.6 Å². The number of carbonyl (C=O) groups excluding carboxylic acids is 2. The quantitative estimate of drug-likeness (QED) is 0.364. The van der Waals surface area contributed by atoms with Gasteiger partial charge in [-0.15, -0.1) is 0 Å². The van der Waals surface area contributed by atoms with E-state index in [1.165, 1.54) is 0 Å². The third kappa shape index (κ3) is 7.62. The van der Waals surface area contributed by atoms with Crippen molar-refractivity contribution in [3.05, 3.63) is 61.5 Å². The normalized spacial score (nSPS) is 12.7. The molecule has 0 aliphatic rings. The maximum Gasteiger partial charge on any atom is 0.261 e. The van der Waals surface area contributed by atoms with Crippen molar-refractivity contribution in [2.45, 2.75) is 66.1 Å². The van der Waals surface area contributed by atoms with E-state index in [9.17, 15) is 9.59 Å². The van der Waals surface area contributed by atoms with Gasteiger partial charge in [0.2, 0.25) is 5.91 Å². The van der Waals surface area contributed by atoms with Crippen molar-refractivity contribution in [3.63, 3.8) is 0 Å². The van der Waals surface area contributed by atoms with E-state index in [-0.39, 0.29) is 31.0 Å². The SMILES string of the molecule is CCC(C)NC(=O)C(CC)N(Cc1ccc(Cl)c(Cl)c1)C(=O)COc1cc(C)c(Br)c(C)c1. The molecule has 8 heteroatoms. The molecule has 2 aromatic carbocycles. The number of carbonyl (C=O) groups is 2. The van der Waals surface area contributed by atoms with Gasteiger partial charge in [0.25, 0.3) is 5.91 Å². The highest BCUT2D eigenvalue weighted by molar-refractivity contribution is 9.10. The maximum atomic E-state index is 13.3. The van der Waals surface area contributed by atoms with Crippen LogP contribution in [0.15, 0.2) is 34.8 Å². The lowest BCUT2D eigenvalue weighted by Gasteiger charge is -2.31. The highest BCUT2D eigenvalue weighted by Crippen LogP contribution is 2.27. The zero-order valence-corrected chi connectivity index (χ0v) is 22.8. The molecule has 180 valence electrons. The monoisotopic (exact) mass is 556 g/mol. The van der Waals surface area contributed by atoms with Crippen molar-refractivity contribution in [1.82, 2.24) is 10.2 Å². The highest BCUT2D eigenvalue weighted by atomic mass is 79.9. The van der Waals surface area contributed by atoms with Crippen molar-refractivity contribution in [2.24, 2.45) is 0 Å². The van der Waals surface area contributed by atoms with Gasteiger partial charge in [-0.25, -0.2) is 0 Å². The maximum absolute atomic E-state index is 13.3. The van der Waals surface area contributed by atoms with E-state index in [1.807, 2.05) is 46.8 Å². The number of benzene rings is 2. The molecule has 0 heterocycles. The van der Waals surface area contributed by atoms with Crippen LogP contribution < -0.4 is 10.1 Å². The Labute approximate surface area is 214 Å². The number of nitrogens with one attached hydrogen (secondary N) is 1. The Morgan fingerprint density at radius 3 is 2.24 bits per heavy atom. The zero-order chi connectivity index (χ0) is 24.7. The van der Waals surface area contributed by atoms with Crippen LogP contribution in [-0.4, -0.2) is 35.4 Å². The first kappa shape index (κ1) is 27.5. The van der Waals surface area contributed by atoms with Crippen LogP contribution in [0.3, 0.4) is 0 Å². The second-order valence-corrected chi connectivity index (χ2v) is 9.78. The van der Waals surface area contributed by atoms with Crippen LogP contribution >= 0.6 is 39.1 Å². The van der Waals surface area contributed by atoms with Crippen molar-refractivity contribution in [3.8, 4) is 5.75 Å². The van der Waals surface area contributed by atoms with Gasteiger partial charge < -0.3 is 15.0 Å². The summed E-state index contributed by atoms with van der Waals surface area (Å²) in [5.41, 5.74) is 2.82. The van der Waals surface area contributed by atoms with Crippen molar-refractivity contribution < 1.29 is 14.3 Å². The first-order valence-corrected chi connectivity index (χ1v) is 12.6. The lowest BCUT2D eigenvalue weighted by Crippen LogP contribution is -2.51. The Bertz CT molecular complexity index is 977. The van der Waals surface area contributed by atoms with Gasteiger partial charge in [0.15, 0.2) is 6.61 Å². The number of amides is 2. The summed E-state index contributed by atoms with van der Waals surface area (Å²) in [6.45, 7) is 9.79. The Kier molecular flexibility index (Phi) is 10.5. The molecular formula is C25H31BrCl2N2O3. The molecule has 0 fully saturated rings. The topological polar surface area (TPSA) is 58.6 Å². The molecule has 2 unspecified atom stereocenters. The molecule has 2 rings (SSSR count). The lowest BCUT2D eigenvalue weighted by molar-refractivity contribution is -0.143. The van der Waals surface area contributed by atoms with Gasteiger partial charge in [0, 0.05) is 17.1 Å². The standard InChI is InChI=1S/C25H31BrCl2N2O3/c1-6-17(5)29-25(32)22(7-2)30(13-18-8-9-20(27)21(28)12-18)23(31)14-33-19-10-15(3)24(26)16(4)11-19/h8-12,17,22H,6-7,13-14H2,1-5H3,(H,29,32). The second-order valence-electron chi connectivity index (χ2n) is 8.17. The molecule has 2 amide bonds. The number of rotatable bonds is 10. The predicted octanol–water partition coefficient (Wildman–Crippen LogP) is 6.47. The lowest BCUT2D eigenvalue weighted by atomic mass is 10.1. The van der Waals surface area contributed by atoms with E-state index in [2.05, 4.69) is 21.2 Å². The molecule has 0 spiro atoms. The van der Waals surface area contributed by atoms with E-state index in [1.54, 1.807) is 23.1 Å². The molecule has 0 aliphatic carbocycles. The van der Waals surface area contributed by atoms with Crippen molar-refractivity contribution in [1.29, 1.82) is 0 Å². The smallest absolute Gasteiger partial charge is 0.261 e. The molecular weight excluding hydrogens is 527 g/mol. The van der Waals surface area contributed by atoms with Crippen LogP contribution in [0, 0.1) is 13.8 Å². The third-order valence-corrected chi connectivity index (χ3v) is 7.49. The molecule has 0 saturated heterocycles. The molecule has 5 nitrogen and oxygen atoms in total. The highest BCUT2D eigenvalue weighted by Gasteiger charge is 2.29. The summed E-state index contributed by atoms with van der Waals surface area (Å²) < 4.78 is 6.84. The van der Waals surface area contributed by atoms with E-state index < -0.39 is 6.04 Å². The summed E-state index contributed by atoms with van der Waals surface area (Å²) in [6, 6.07) is 8.33. The Morgan fingerprint density at radius 2 is 1.70 bits per heavy atom. The summed E-state index contributed by atoms with van der Waals surface area (Å²) in [5, 5.41) is 3.82. The summed E-state index contributed by atoms with van der Waals surface area (Å²) in [7, 11) is 0. The minimum absolute atomic E-state index is 0.0124. The number of hydrogen-bond acceptors (Lipinski definition) is 3. The zero-order valence-electron chi connectivity index (χ0n) is 19.7. The summed E-state index contributed by atoms with van der Waals surface area (Å²) in [5.74, 6) is 0.134. The van der Waals surface area contributed by atoms with Crippen LogP contribution in [0.5, 0.6) is 5.75 Å². The molecule has 33 heavy (non-hydrogen) atoms. The molecule has 2 aromatic rings. The van der Waals surface area contributed by atoms with E-state index in [4.69, 9.17) is 27.9 Å². The Morgan fingerprint density at radius 1 is 1.06 bits per heavy atom. The van der Waals surface area contributed by atoms with Gasteiger partial charge >= 0.3 is 0 Å². The fourth-order valence-corrected chi connectivity index (χ4v) is 3.96. The average molecular weight is 558 g/mol. The minimum atomic E-state index is -0.641. The van der Waals surface area contributed by atoms with Crippen molar-refractivity contribution in [2.75, 3.05) is 6.61 Å². The van der Waals surface area contributed by atoms with Crippen LogP contribution in [0.4, 0.5) is 0 Å². The first-order chi connectivity index (χ1) is 15.6. The van der Waals surface area contributed by atoms with Gasteiger partial charge in [0.05, 0.1) is 10.0 Å². The predicted molar refractivity (Wildman–Crippen MR) is 138 cm³/mol. The van der Waals surface area contributed by atoms with Gasteiger partial charge in [0.1, 0.15) is 11.8 Å². The van der Waals surface area contributed by atoms with Crippen LogP contribution in [-0.2, 0) is 16.1 Å². The first-order valence-electron chi connectivity index (χ1n) is 11.0. The number of aryl methyl sites for hydroxylation is 2. The van der Waals surface area contributed by atoms with Crippen LogP contribution in [0.1, 0.15) is 50.3 Å². The average Bonchev–Trinajstić information content (AvgIpc) is 2.77. The molecule has 0 aliphatic heterocycles. The summed E-state index contributed by atoms with van der Waals surface area (Å²) in [6.07, 6.45) is 1.26. The third-order valence-electron chi connectivity index (χ3n) is 5.50. The minimum Gasteiger partial charge on any atom is -0.484 e. The fraction of sp³-hybridized carbons (Fsp3) is 0.440. The molecule has 0 bridgehead atoms. The molecule has 1 N–H and O–H groups in total. The van der Waals surface area contributed by atoms with Crippen molar-refractivity contribution >= 4 is 50.9 Å². The van der Waals surface area contributed by atoms with Crippen LogP contribution in [0.2, 0.25) is 10.0 Å². The summed E-state index contributed by atoms with van der Waals surface area (Å²) >= 11 is 15.8. The Balaban J connectivity index is 2.28. The number of hydrogen-bond donors (Lipinski definition) is 1. The van der Waals surface area contributed by atoms with Crippen LogP contribution in [0.25, 0.3) is 0 Å². The van der Waals surface area contributed by atoms with Gasteiger partial charge in [-0.1, -0.05) is 59.0 Å². The van der Waals surface area contributed by atoms with Gasteiger partial charge in [-0.2, -0.15) is 0 Å². The fourth-order valence-electron chi connectivity index (χ4n) is 3.41. The molecule has 0 aromatic heterocycles. The second kappa shape index (κ2) is 12.6. The van der Waals surface area contributed by atoms with E-state index in [0.29, 0.717) is 22.2 Å². The number of halogens is 3. The largest absolute Gasteiger partial charge is 0.484 e. The Hall–Kier alpha value is -1.76.